The molecule has 0 aromatic heterocycles. The van der Waals surface area contributed by atoms with Gasteiger partial charge in [-0.1, -0.05) is 13.8 Å². The lowest BCUT2D eigenvalue weighted by Gasteiger charge is -2.37. The predicted octanol–water partition coefficient (Wildman–Crippen LogP) is 0.549. The zero-order chi connectivity index (χ0) is 13.4. The Labute approximate surface area is 99.5 Å². The van der Waals surface area contributed by atoms with Gasteiger partial charge in [0, 0.05) is 6.42 Å². The molecule has 0 N–H and O–H groups in total. The van der Waals surface area contributed by atoms with Crippen LogP contribution in [-0.4, -0.2) is 30.4 Å². The van der Waals surface area contributed by atoms with Crippen LogP contribution in [-0.2, 0) is 23.9 Å². The first-order chi connectivity index (χ1) is 7.72. The molecule has 0 aromatic carbocycles. The summed E-state index contributed by atoms with van der Waals surface area (Å²) in [6, 6.07) is 0. The van der Waals surface area contributed by atoms with Gasteiger partial charge in [0.25, 0.3) is 0 Å². The van der Waals surface area contributed by atoms with Gasteiger partial charge in [0.05, 0.1) is 7.11 Å². The number of methoxy groups -OCH3 is 1. The largest absolute Gasteiger partial charge is 0.468 e. The van der Waals surface area contributed by atoms with Gasteiger partial charge in [-0.25, -0.2) is 0 Å². The molecule has 0 bridgehead atoms. The van der Waals surface area contributed by atoms with Crippen molar-refractivity contribution in [2.45, 2.75) is 27.2 Å². The monoisotopic (exact) mass is 240 g/mol. The molecular weight excluding hydrogens is 224 g/mol. The summed E-state index contributed by atoms with van der Waals surface area (Å²) in [6.45, 7) is 4.49. The number of ketones is 3. The van der Waals surface area contributed by atoms with Crippen LogP contribution in [0.1, 0.15) is 27.2 Å². The second-order valence-corrected chi connectivity index (χ2v) is 5.03. The molecule has 0 heterocycles. The van der Waals surface area contributed by atoms with Crippen molar-refractivity contribution >= 4 is 23.3 Å². The summed E-state index contributed by atoms with van der Waals surface area (Å²) in [6.07, 6.45) is 0.0305. The third kappa shape index (κ3) is 2.28. The van der Waals surface area contributed by atoms with Crippen molar-refractivity contribution in [2.24, 2.45) is 17.3 Å². The van der Waals surface area contributed by atoms with Crippen molar-refractivity contribution in [3.8, 4) is 0 Å². The molecular formula is C12H16O5. The lowest BCUT2D eigenvalue weighted by atomic mass is 9.63. The molecule has 0 unspecified atom stereocenters. The van der Waals surface area contributed by atoms with E-state index in [0.717, 1.165) is 0 Å². The Morgan fingerprint density at radius 2 is 1.82 bits per heavy atom. The van der Waals surface area contributed by atoms with Crippen molar-refractivity contribution < 1.29 is 23.9 Å². The van der Waals surface area contributed by atoms with Crippen LogP contribution in [0.3, 0.4) is 0 Å². The Hall–Kier alpha value is -1.52. The minimum Gasteiger partial charge on any atom is -0.468 e. The van der Waals surface area contributed by atoms with Gasteiger partial charge in [0.1, 0.15) is 17.6 Å². The molecule has 2 atom stereocenters. The van der Waals surface area contributed by atoms with Crippen LogP contribution in [0.15, 0.2) is 0 Å². The highest BCUT2D eigenvalue weighted by Gasteiger charge is 2.53. The van der Waals surface area contributed by atoms with E-state index in [9.17, 15) is 19.2 Å². The number of Topliss-reactive ketones (excluding diaryl/α,β-unsaturated/α-hetero) is 3. The first-order valence-corrected chi connectivity index (χ1v) is 5.37. The van der Waals surface area contributed by atoms with Crippen LogP contribution in [0.2, 0.25) is 0 Å². The normalized spacial score (nSPS) is 27.8. The smallest absolute Gasteiger partial charge is 0.316 e. The third-order valence-corrected chi connectivity index (χ3v) is 3.15. The van der Waals surface area contributed by atoms with Crippen molar-refractivity contribution in [1.82, 2.24) is 0 Å². The lowest BCUT2D eigenvalue weighted by molar-refractivity contribution is -0.161. The zero-order valence-electron chi connectivity index (χ0n) is 10.4. The van der Waals surface area contributed by atoms with Crippen LogP contribution in [0.4, 0.5) is 0 Å². The number of ether oxygens (including phenoxy) is 1. The summed E-state index contributed by atoms with van der Waals surface area (Å²) in [7, 11) is 1.19. The number of carbonyl (C=O) groups is 4. The SMILES string of the molecule is COC(=O)[C@@H]1C(=O)[C@H](C(C)=O)C(=O)CC1(C)C. The molecule has 5 heteroatoms. The van der Waals surface area contributed by atoms with Crippen LogP contribution < -0.4 is 0 Å². The second-order valence-electron chi connectivity index (χ2n) is 5.03. The first kappa shape index (κ1) is 13.5. The summed E-state index contributed by atoms with van der Waals surface area (Å²) in [5.74, 6) is -4.58. The van der Waals surface area contributed by atoms with Crippen molar-refractivity contribution in [3.63, 3.8) is 0 Å². The molecule has 0 aromatic rings. The summed E-state index contributed by atoms with van der Waals surface area (Å²) in [5.41, 5.74) is -0.798. The summed E-state index contributed by atoms with van der Waals surface area (Å²) in [4.78, 5) is 46.7. The van der Waals surface area contributed by atoms with Gasteiger partial charge in [0.15, 0.2) is 11.6 Å². The highest BCUT2D eigenvalue weighted by atomic mass is 16.5. The second kappa shape index (κ2) is 4.39. The average Bonchev–Trinajstić information content (AvgIpc) is 2.13. The zero-order valence-corrected chi connectivity index (χ0v) is 10.4. The molecule has 0 saturated heterocycles. The van der Waals surface area contributed by atoms with Crippen molar-refractivity contribution in [1.29, 1.82) is 0 Å². The van der Waals surface area contributed by atoms with Gasteiger partial charge in [-0.15, -0.1) is 0 Å². The third-order valence-electron chi connectivity index (χ3n) is 3.15. The number of hydrogen-bond donors (Lipinski definition) is 0. The van der Waals surface area contributed by atoms with Crippen molar-refractivity contribution in [3.05, 3.63) is 0 Å². The fourth-order valence-corrected chi connectivity index (χ4v) is 2.34. The number of carbonyl (C=O) groups excluding carboxylic acids is 4. The summed E-state index contributed by atoms with van der Waals surface area (Å²) >= 11 is 0. The standard InChI is InChI=1S/C12H16O5/c1-6(13)8-7(14)5-12(2,3)9(10(8)15)11(16)17-4/h8-9H,5H2,1-4H3/t8-,9+/m1/s1. The number of hydrogen-bond acceptors (Lipinski definition) is 5. The van der Waals surface area contributed by atoms with E-state index in [0.29, 0.717) is 0 Å². The van der Waals surface area contributed by atoms with Gasteiger partial charge in [-0.05, 0) is 12.3 Å². The fourth-order valence-electron chi connectivity index (χ4n) is 2.34. The molecule has 0 radical (unpaired) electrons. The quantitative estimate of drug-likeness (QED) is 0.520. The molecule has 0 aliphatic heterocycles. The molecule has 94 valence electrons. The highest BCUT2D eigenvalue weighted by Crippen LogP contribution is 2.40. The van der Waals surface area contributed by atoms with E-state index in [1.165, 1.54) is 14.0 Å². The molecule has 0 spiro atoms. The van der Waals surface area contributed by atoms with E-state index in [1.807, 2.05) is 0 Å². The highest BCUT2D eigenvalue weighted by molar-refractivity contribution is 6.24. The first-order valence-electron chi connectivity index (χ1n) is 5.37. The molecule has 1 rings (SSSR count). The maximum absolute atomic E-state index is 12.1. The minimum absolute atomic E-state index is 0.0305. The van der Waals surface area contributed by atoms with E-state index in [-0.39, 0.29) is 6.42 Å². The topological polar surface area (TPSA) is 77.5 Å². The average molecular weight is 240 g/mol. The Bertz CT molecular complexity index is 394. The van der Waals surface area contributed by atoms with E-state index in [4.69, 9.17) is 0 Å². The van der Waals surface area contributed by atoms with Crippen LogP contribution >= 0.6 is 0 Å². The molecule has 1 saturated carbocycles. The minimum atomic E-state index is -1.30. The maximum Gasteiger partial charge on any atom is 0.316 e. The summed E-state index contributed by atoms with van der Waals surface area (Å²) in [5, 5.41) is 0. The lowest BCUT2D eigenvalue weighted by Crippen LogP contribution is -2.51. The molecule has 1 fully saturated rings. The van der Waals surface area contributed by atoms with Gasteiger partial charge in [-0.3, -0.25) is 19.2 Å². The van der Waals surface area contributed by atoms with Gasteiger partial charge in [-0.2, -0.15) is 0 Å². The summed E-state index contributed by atoms with van der Waals surface area (Å²) < 4.78 is 4.58. The fraction of sp³-hybridized carbons (Fsp3) is 0.667. The predicted molar refractivity (Wildman–Crippen MR) is 58.1 cm³/mol. The van der Waals surface area contributed by atoms with Crippen LogP contribution in [0.25, 0.3) is 0 Å². The Kier molecular flexibility index (Phi) is 3.50. The number of rotatable bonds is 2. The molecule has 1 aliphatic rings. The molecule has 5 nitrogen and oxygen atoms in total. The Balaban J connectivity index is 3.18. The maximum atomic E-state index is 12.1. The van der Waals surface area contributed by atoms with Crippen molar-refractivity contribution in [2.75, 3.05) is 7.11 Å². The molecule has 17 heavy (non-hydrogen) atoms. The Morgan fingerprint density at radius 3 is 2.24 bits per heavy atom. The van der Waals surface area contributed by atoms with E-state index >= 15 is 0 Å². The molecule has 1 aliphatic carbocycles. The van der Waals surface area contributed by atoms with Crippen LogP contribution in [0.5, 0.6) is 0 Å². The molecule has 0 amide bonds. The van der Waals surface area contributed by atoms with Crippen LogP contribution in [0, 0.1) is 17.3 Å². The van der Waals surface area contributed by atoms with E-state index in [2.05, 4.69) is 4.74 Å². The number of esters is 1. The van der Waals surface area contributed by atoms with E-state index in [1.54, 1.807) is 13.8 Å². The van der Waals surface area contributed by atoms with Gasteiger partial charge < -0.3 is 4.74 Å². The van der Waals surface area contributed by atoms with Gasteiger partial charge in [0.2, 0.25) is 0 Å². The van der Waals surface area contributed by atoms with E-state index < -0.39 is 40.6 Å². The Morgan fingerprint density at radius 1 is 1.29 bits per heavy atom. The van der Waals surface area contributed by atoms with Gasteiger partial charge >= 0.3 is 5.97 Å².